The summed E-state index contributed by atoms with van der Waals surface area (Å²) < 4.78 is 0. The fourth-order valence-corrected chi connectivity index (χ4v) is 2.63. The van der Waals surface area contributed by atoms with E-state index in [9.17, 15) is 0 Å². The maximum Gasteiger partial charge on any atom is 0.191 e. The minimum atomic E-state index is 0.489. The number of thiocarbonyl (C=S) groups is 1. The minimum absolute atomic E-state index is 0.489. The number of hydrazone groups is 1. The van der Waals surface area contributed by atoms with Crippen LogP contribution in [-0.2, 0) is 0 Å². The molecule has 2 N–H and O–H groups in total. The van der Waals surface area contributed by atoms with Crippen LogP contribution in [0, 0.1) is 0 Å². The largest absolute Gasteiger partial charge is 0.331 e. The molecule has 5 heteroatoms. The number of thiophene rings is 1. The number of nitrogens with zero attached hydrogens (tertiary/aromatic N) is 1. The molecule has 0 saturated heterocycles. The molecule has 0 unspecified atom stereocenters. The molecule has 0 saturated carbocycles. The Bertz CT molecular complexity index is 613. The maximum atomic E-state index is 5.24. The Labute approximate surface area is 135 Å². The van der Waals surface area contributed by atoms with Gasteiger partial charge in [0.1, 0.15) is 0 Å². The highest BCUT2D eigenvalue weighted by Gasteiger charge is 2.01. The second-order valence-electron chi connectivity index (χ2n) is 5.02. The molecule has 0 aliphatic rings. The lowest BCUT2D eigenvalue weighted by Crippen LogP contribution is -2.24. The highest BCUT2D eigenvalue weighted by Crippen LogP contribution is 2.17. The van der Waals surface area contributed by atoms with Crippen LogP contribution >= 0.6 is 23.6 Å². The Morgan fingerprint density at radius 2 is 1.90 bits per heavy atom. The zero-order valence-corrected chi connectivity index (χ0v) is 14.0. The van der Waals surface area contributed by atoms with E-state index in [4.69, 9.17) is 12.2 Å². The van der Waals surface area contributed by atoms with Gasteiger partial charge in [0, 0.05) is 10.6 Å². The van der Waals surface area contributed by atoms with Crippen LogP contribution in [0.2, 0.25) is 0 Å². The van der Waals surface area contributed by atoms with Crippen molar-refractivity contribution in [2.24, 2.45) is 5.10 Å². The molecule has 0 spiro atoms. The van der Waals surface area contributed by atoms with Gasteiger partial charge in [0.15, 0.2) is 5.11 Å². The van der Waals surface area contributed by atoms with Gasteiger partial charge in [-0.05, 0) is 54.2 Å². The molecule has 0 aliphatic carbocycles. The van der Waals surface area contributed by atoms with Gasteiger partial charge in [0.25, 0.3) is 0 Å². The molecule has 2 aromatic rings. The molecule has 110 valence electrons. The van der Waals surface area contributed by atoms with Crippen LogP contribution in [-0.4, -0.2) is 10.8 Å². The molecule has 0 atom stereocenters. The van der Waals surface area contributed by atoms with Gasteiger partial charge < -0.3 is 5.32 Å². The Hall–Kier alpha value is -1.72. The number of nitrogens with one attached hydrogen (secondary N) is 2. The van der Waals surface area contributed by atoms with Crippen molar-refractivity contribution in [3.8, 4) is 0 Å². The summed E-state index contributed by atoms with van der Waals surface area (Å²) in [5.74, 6) is 0.530. The van der Waals surface area contributed by atoms with Crippen LogP contribution in [0.4, 0.5) is 5.69 Å². The third-order valence-electron chi connectivity index (χ3n) is 3.04. The van der Waals surface area contributed by atoms with Gasteiger partial charge in [0.2, 0.25) is 0 Å². The van der Waals surface area contributed by atoms with Crippen molar-refractivity contribution in [2.45, 2.75) is 26.7 Å². The number of anilines is 1. The topological polar surface area (TPSA) is 36.4 Å². The first-order valence-corrected chi connectivity index (χ1v) is 8.10. The molecule has 1 aromatic heterocycles. The third-order valence-corrected chi connectivity index (χ3v) is 4.21. The van der Waals surface area contributed by atoms with E-state index >= 15 is 0 Å². The van der Waals surface area contributed by atoms with E-state index in [-0.39, 0.29) is 0 Å². The fourth-order valence-electron chi connectivity index (χ4n) is 1.78. The first-order valence-electron chi connectivity index (χ1n) is 6.81. The van der Waals surface area contributed by atoms with Crippen molar-refractivity contribution in [1.29, 1.82) is 0 Å². The van der Waals surface area contributed by atoms with Crippen molar-refractivity contribution in [2.75, 3.05) is 5.32 Å². The Balaban J connectivity index is 1.91. The van der Waals surface area contributed by atoms with E-state index in [1.54, 1.807) is 11.3 Å². The highest BCUT2D eigenvalue weighted by atomic mass is 32.1. The van der Waals surface area contributed by atoms with Crippen molar-refractivity contribution in [3.05, 3.63) is 52.2 Å². The van der Waals surface area contributed by atoms with Gasteiger partial charge >= 0.3 is 0 Å². The summed E-state index contributed by atoms with van der Waals surface area (Å²) >= 11 is 6.90. The number of benzene rings is 1. The molecule has 0 amide bonds. The standard InChI is InChI=1S/C16H19N3S2/c1-11(2)13-6-8-14(9-7-13)17-16(20)19-18-12(3)15-5-4-10-21-15/h4-11H,1-3H3,(H2,17,19,20). The van der Waals surface area contributed by atoms with Crippen molar-refractivity contribution >= 4 is 40.1 Å². The zero-order valence-electron chi connectivity index (χ0n) is 12.4. The van der Waals surface area contributed by atoms with Gasteiger partial charge in [-0.3, -0.25) is 5.43 Å². The molecule has 0 aliphatic heterocycles. The summed E-state index contributed by atoms with van der Waals surface area (Å²) in [7, 11) is 0. The summed E-state index contributed by atoms with van der Waals surface area (Å²) in [5.41, 5.74) is 6.06. The van der Waals surface area contributed by atoms with Crippen LogP contribution in [0.1, 0.15) is 37.1 Å². The average molecular weight is 317 g/mol. The quantitative estimate of drug-likeness (QED) is 0.492. The van der Waals surface area contributed by atoms with Crippen molar-refractivity contribution in [1.82, 2.24) is 5.43 Å². The van der Waals surface area contributed by atoms with E-state index < -0.39 is 0 Å². The number of hydrogen-bond donors (Lipinski definition) is 2. The second kappa shape index (κ2) is 7.33. The fraction of sp³-hybridized carbons (Fsp3) is 0.250. The normalized spacial score (nSPS) is 11.5. The minimum Gasteiger partial charge on any atom is -0.331 e. The van der Waals surface area contributed by atoms with Crippen LogP contribution < -0.4 is 10.7 Å². The molecular formula is C16H19N3S2. The van der Waals surface area contributed by atoms with Crippen molar-refractivity contribution in [3.63, 3.8) is 0 Å². The monoisotopic (exact) mass is 317 g/mol. The van der Waals surface area contributed by atoms with E-state index in [0.717, 1.165) is 16.3 Å². The lowest BCUT2D eigenvalue weighted by Gasteiger charge is -2.10. The number of hydrogen-bond acceptors (Lipinski definition) is 3. The summed E-state index contributed by atoms with van der Waals surface area (Å²) in [6.45, 7) is 6.31. The van der Waals surface area contributed by atoms with Crippen LogP contribution in [0.25, 0.3) is 0 Å². The molecule has 0 fully saturated rings. The van der Waals surface area contributed by atoms with Gasteiger partial charge in [-0.1, -0.05) is 32.0 Å². The van der Waals surface area contributed by atoms with Crippen molar-refractivity contribution < 1.29 is 0 Å². The molecule has 1 aromatic carbocycles. The van der Waals surface area contributed by atoms with E-state index in [0.29, 0.717) is 11.0 Å². The van der Waals surface area contributed by atoms with Crippen LogP contribution in [0.5, 0.6) is 0 Å². The van der Waals surface area contributed by atoms with E-state index in [2.05, 4.69) is 41.8 Å². The molecule has 21 heavy (non-hydrogen) atoms. The smallest absolute Gasteiger partial charge is 0.191 e. The summed E-state index contributed by atoms with van der Waals surface area (Å²) in [6.07, 6.45) is 0. The molecular weight excluding hydrogens is 298 g/mol. The van der Waals surface area contributed by atoms with E-state index in [1.165, 1.54) is 5.56 Å². The second-order valence-corrected chi connectivity index (χ2v) is 6.37. The summed E-state index contributed by atoms with van der Waals surface area (Å²) in [4.78, 5) is 1.13. The molecule has 2 rings (SSSR count). The van der Waals surface area contributed by atoms with Gasteiger partial charge in [0.05, 0.1) is 5.71 Å². The predicted octanol–water partition coefficient (Wildman–Crippen LogP) is 4.58. The first-order chi connectivity index (χ1) is 10.1. The SMILES string of the molecule is CC(=NNC(=S)Nc1ccc(C(C)C)cc1)c1cccs1. The first kappa shape index (κ1) is 15.7. The zero-order chi connectivity index (χ0) is 15.2. The molecule has 0 radical (unpaired) electrons. The lowest BCUT2D eigenvalue weighted by atomic mass is 10.0. The Kier molecular flexibility index (Phi) is 5.47. The van der Waals surface area contributed by atoms with Crippen LogP contribution in [0.15, 0.2) is 46.9 Å². The van der Waals surface area contributed by atoms with Gasteiger partial charge in [-0.2, -0.15) is 5.10 Å². The predicted molar refractivity (Wildman–Crippen MR) is 96.4 cm³/mol. The summed E-state index contributed by atoms with van der Waals surface area (Å²) in [5, 5.41) is 9.93. The third kappa shape index (κ3) is 4.65. The number of rotatable bonds is 4. The summed E-state index contributed by atoms with van der Waals surface area (Å²) in [6, 6.07) is 12.3. The lowest BCUT2D eigenvalue weighted by molar-refractivity contribution is 0.867. The molecule has 0 bridgehead atoms. The van der Waals surface area contributed by atoms with E-state index in [1.807, 2.05) is 36.6 Å². The van der Waals surface area contributed by atoms with Gasteiger partial charge in [-0.15, -0.1) is 11.3 Å². The average Bonchev–Trinajstić information content (AvgIpc) is 2.99. The molecule has 1 heterocycles. The Morgan fingerprint density at radius 3 is 2.48 bits per heavy atom. The maximum absolute atomic E-state index is 5.24. The highest BCUT2D eigenvalue weighted by molar-refractivity contribution is 7.80. The Morgan fingerprint density at radius 1 is 1.19 bits per heavy atom. The van der Waals surface area contributed by atoms with Gasteiger partial charge in [-0.25, -0.2) is 0 Å². The molecule has 3 nitrogen and oxygen atoms in total. The van der Waals surface area contributed by atoms with Crippen LogP contribution in [0.3, 0.4) is 0 Å².